The van der Waals surface area contributed by atoms with E-state index in [4.69, 9.17) is 0 Å². The summed E-state index contributed by atoms with van der Waals surface area (Å²) >= 11 is 0. The summed E-state index contributed by atoms with van der Waals surface area (Å²) in [6, 6.07) is 0. The van der Waals surface area contributed by atoms with Gasteiger partial charge in [0.25, 0.3) is 0 Å². The van der Waals surface area contributed by atoms with Crippen molar-refractivity contribution in [1.29, 1.82) is 0 Å². The van der Waals surface area contributed by atoms with E-state index in [1.165, 1.54) is 5.57 Å². The molecule has 0 aromatic heterocycles. The van der Waals surface area contributed by atoms with Crippen molar-refractivity contribution in [2.75, 3.05) is 0 Å². The molecule has 2 rings (SSSR count). The van der Waals surface area contributed by atoms with Gasteiger partial charge in [0.1, 0.15) is 12.1 Å². The molecular weight excluding hydrogens is 212 g/mol. The minimum absolute atomic E-state index is 0.175. The van der Waals surface area contributed by atoms with Gasteiger partial charge in [-0.25, -0.2) is 0 Å². The van der Waals surface area contributed by atoms with Crippen LogP contribution in [0.1, 0.15) is 39.5 Å². The lowest BCUT2D eigenvalue weighted by Gasteiger charge is -2.49. The topological polar surface area (TPSA) is 34.1 Å². The van der Waals surface area contributed by atoms with Gasteiger partial charge in [-0.05, 0) is 30.8 Å². The number of carbonyl (C=O) groups is 2. The number of ketones is 1. The Hall–Kier alpha value is -1.18. The van der Waals surface area contributed by atoms with Gasteiger partial charge in [-0.1, -0.05) is 32.1 Å². The van der Waals surface area contributed by atoms with Crippen molar-refractivity contribution in [2.24, 2.45) is 17.3 Å². The monoisotopic (exact) mass is 232 g/mol. The van der Waals surface area contributed by atoms with Gasteiger partial charge in [-0.2, -0.15) is 0 Å². The molecule has 3 unspecified atom stereocenters. The highest BCUT2D eigenvalue weighted by Crippen LogP contribution is 2.54. The van der Waals surface area contributed by atoms with Crippen LogP contribution >= 0.6 is 0 Å². The second-order valence-electron chi connectivity index (χ2n) is 5.58. The molecule has 0 radical (unpaired) electrons. The van der Waals surface area contributed by atoms with Crippen molar-refractivity contribution in [2.45, 2.75) is 39.5 Å². The molecule has 0 aromatic rings. The lowest BCUT2D eigenvalue weighted by molar-refractivity contribution is -0.128. The van der Waals surface area contributed by atoms with Crippen LogP contribution in [0.4, 0.5) is 0 Å². The molecular formula is C15H20O2. The predicted molar refractivity (Wildman–Crippen MR) is 67.5 cm³/mol. The van der Waals surface area contributed by atoms with E-state index in [2.05, 4.69) is 26.5 Å². The standard InChI is InChI=1S/C15H20O2/c1-10(9-16)14-13(17)8-7-12-6-4-5-11(2)15(12,14)3/h6,9,11,14H,1,4-5,7-8H2,2-3H3. The van der Waals surface area contributed by atoms with Crippen molar-refractivity contribution in [1.82, 2.24) is 0 Å². The summed E-state index contributed by atoms with van der Waals surface area (Å²) in [4.78, 5) is 23.2. The van der Waals surface area contributed by atoms with Gasteiger partial charge in [0.15, 0.2) is 0 Å². The van der Waals surface area contributed by atoms with Crippen LogP contribution in [0, 0.1) is 17.3 Å². The quantitative estimate of drug-likeness (QED) is 0.416. The zero-order valence-electron chi connectivity index (χ0n) is 10.7. The Labute approximate surface area is 103 Å². The molecule has 0 aromatic carbocycles. The SMILES string of the molecule is C=C(C=O)C1C(=O)CCC2=CCCC(C)C21C. The van der Waals surface area contributed by atoms with Gasteiger partial charge < -0.3 is 0 Å². The normalized spacial score (nSPS) is 37.1. The maximum absolute atomic E-state index is 12.2. The molecule has 2 heteroatoms. The van der Waals surface area contributed by atoms with Crippen LogP contribution < -0.4 is 0 Å². The number of allylic oxidation sites excluding steroid dienone is 3. The minimum atomic E-state index is -0.296. The Morgan fingerprint density at radius 3 is 2.88 bits per heavy atom. The number of hydrogen-bond acceptors (Lipinski definition) is 2. The molecule has 0 bridgehead atoms. The maximum Gasteiger partial charge on any atom is 0.146 e. The number of carbonyl (C=O) groups excluding carboxylic acids is 2. The average molecular weight is 232 g/mol. The second kappa shape index (κ2) is 4.25. The smallest absolute Gasteiger partial charge is 0.146 e. The number of fused-ring (bicyclic) bond motifs is 1. The first-order valence-electron chi connectivity index (χ1n) is 6.38. The summed E-state index contributed by atoms with van der Waals surface area (Å²) in [5, 5.41) is 0. The summed E-state index contributed by atoms with van der Waals surface area (Å²) in [7, 11) is 0. The first-order valence-corrected chi connectivity index (χ1v) is 6.38. The van der Waals surface area contributed by atoms with Gasteiger partial charge in [0.05, 0.1) is 5.92 Å². The Morgan fingerprint density at radius 2 is 2.24 bits per heavy atom. The van der Waals surface area contributed by atoms with E-state index >= 15 is 0 Å². The molecule has 0 spiro atoms. The Balaban J connectivity index is 2.49. The van der Waals surface area contributed by atoms with Crippen LogP contribution in [0.3, 0.4) is 0 Å². The molecule has 1 fully saturated rings. The number of hydrogen-bond donors (Lipinski definition) is 0. The summed E-state index contributed by atoms with van der Waals surface area (Å²) in [5.74, 6) is 0.333. The molecule has 2 aliphatic carbocycles. The fourth-order valence-electron chi connectivity index (χ4n) is 3.58. The van der Waals surface area contributed by atoms with Crippen LogP contribution in [0.25, 0.3) is 0 Å². The predicted octanol–water partition coefficient (Wildman–Crippen LogP) is 3.08. The van der Waals surface area contributed by atoms with Gasteiger partial charge in [-0.15, -0.1) is 0 Å². The second-order valence-corrected chi connectivity index (χ2v) is 5.58. The highest BCUT2D eigenvalue weighted by molar-refractivity contribution is 5.93. The van der Waals surface area contributed by atoms with E-state index in [-0.39, 0.29) is 17.1 Å². The van der Waals surface area contributed by atoms with Crippen molar-refractivity contribution >= 4 is 12.1 Å². The van der Waals surface area contributed by atoms with Crippen molar-refractivity contribution in [3.05, 3.63) is 23.8 Å². The molecule has 0 amide bonds. The van der Waals surface area contributed by atoms with E-state index < -0.39 is 0 Å². The van der Waals surface area contributed by atoms with E-state index in [1.54, 1.807) is 0 Å². The number of Topliss-reactive ketones (excluding diaryl/α,β-unsaturated/α-hetero) is 1. The van der Waals surface area contributed by atoms with Gasteiger partial charge in [0, 0.05) is 11.8 Å². The number of rotatable bonds is 2. The fourth-order valence-corrected chi connectivity index (χ4v) is 3.58. The first-order chi connectivity index (χ1) is 8.01. The van der Waals surface area contributed by atoms with Crippen LogP contribution in [0.2, 0.25) is 0 Å². The minimum Gasteiger partial charge on any atom is -0.299 e. The molecule has 1 saturated carbocycles. The lowest BCUT2D eigenvalue weighted by Crippen LogP contribution is -2.46. The molecule has 0 saturated heterocycles. The van der Waals surface area contributed by atoms with E-state index in [0.717, 1.165) is 25.5 Å². The third-order valence-electron chi connectivity index (χ3n) is 4.79. The molecule has 2 nitrogen and oxygen atoms in total. The van der Waals surface area contributed by atoms with E-state index in [9.17, 15) is 9.59 Å². The largest absolute Gasteiger partial charge is 0.299 e. The Morgan fingerprint density at radius 1 is 1.53 bits per heavy atom. The molecule has 0 N–H and O–H groups in total. The lowest BCUT2D eigenvalue weighted by atomic mass is 9.54. The Kier molecular flexibility index (Phi) is 3.07. The van der Waals surface area contributed by atoms with E-state index in [0.29, 0.717) is 17.9 Å². The molecule has 92 valence electrons. The van der Waals surface area contributed by atoms with Crippen molar-refractivity contribution < 1.29 is 9.59 Å². The summed E-state index contributed by atoms with van der Waals surface area (Å²) in [6.07, 6.45) is 6.65. The van der Waals surface area contributed by atoms with Crippen LogP contribution in [0.15, 0.2) is 23.8 Å². The zero-order valence-corrected chi connectivity index (χ0v) is 10.7. The Bertz CT molecular complexity index is 405. The van der Waals surface area contributed by atoms with Crippen LogP contribution in [-0.2, 0) is 9.59 Å². The van der Waals surface area contributed by atoms with E-state index in [1.807, 2.05) is 0 Å². The fraction of sp³-hybridized carbons (Fsp3) is 0.600. The highest BCUT2D eigenvalue weighted by Gasteiger charge is 2.49. The third kappa shape index (κ3) is 1.70. The third-order valence-corrected chi connectivity index (χ3v) is 4.79. The van der Waals surface area contributed by atoms with Gasteiger partial charge in [-0.3, -0.25) is 9.59 Å². The summed E-state index contributed by atoms with van der Waals surface area (Å²) in [6.45, 7) is 8.13. The maximum atomic E-state index is 12.2. The van der Waals surface area contributed by atoms with Gasteiger partial charge in [0.2, 0.25) is 0 Å². The zero-order chi connectivity index (χ0) is 12.6. The molecule has 0 heterocycles. The molecule has 17 heavy (non-hydrogen) atoms. The average Bonchev–Trinajstić information content (AvgIpc) is 2.30. The summed E-state index contributed by atoms with van der Waals surface area (Å²) < 4.78 is 0. The summed E-state index contributed by atoms with van der Waals surface area (Å²) in [5.41, 5.74) is 1.65. The van der Waals surface area contributed by atoms with Gasteiger partial charge >= 0.3 is 0 Å². The van der Waals surface area contributed by atoms with Crippen molar-refractivity contribution in [3.63, 3.8) is 0 Å². The highest BCUT2D eigenvalue weighted by atomic mass is 16.1. The number of aldehydes is 1. The molecule has 3 atom stereocenters. The molecule has 2 aliphatic rings. The van der Waals surface area contributed by atoms with Crippen LogP contribution in [0.5, 0.6) is 0 Å². The molecule has 0 aliphatic heterocycles. The van der Waals surface area contributed by atoms with Crippen LogP contribution in [-0.4, -0.2) is 12.1 Å². The first kappa shape index (κ1) is 12.3. The van der Waals surface area contributed by atoms with Crippen molar-refractivity contribution in [3.8, 4) is 0 Å².